The zero-order chi connectivity index (χ0) is 32.3. The van der Waals surface area contributed by atoms with Gasteiger partial charge in [0.15, 0.2) is 27.2 Å². The normalized spacial score (nSPS) is 19.2. The molecule has 0 saturated carbocycles. The Morgan fingerprint density at radius 2 is 1.52 bits per heavy atom. The summed E-state index contributed by atoms with van der Waals surface area (Å²) in [4.78, 5) is 29.9. The number of nitrogens with two attached hydrogens (primary N) is 1. The van der Waals surface area contributed by atoms with Crippen LogP contribution in [0.5, 0.6) is 0 Å². The molecule has 46 heavy (non-hydrogen) atoms. The molecule has 1 amide bonds. The van der Waals surface area contributed by atoms with E-state index in [0.29, 0.717) is 36.3 Å². The quantitative estimate of drug-likeness (QED) is 0.315. The number of amides is 1. The lowest BCUT2D eigenvalue weighted by atomic mass is 10.0. The third kappa shape index (κ3) is 7.60. The minimum absolute atomic E-state index is 0.00484. The van der Waals surface area contributed by atoms with Gasteiger partial charge in [-0.1, -0.05) is 12.1 Å². The fourth-order valence-electron chi connectivity index (χ4n) is 6.46. The van der Waals surface area contributed by atoms with E-state index in [9.17, 15) is 13.2 Å². The number of nitrogens with zero attached hydrogens (tertiary/aromatic N) is 5. The van der Waals surface area contributed by atoms with E-state index < -0.39 is 15.7 Å². The van der Waals surface area contributed by atoms with Crippen molar-refractivity contribution in [3.8, 4) is 11.3 Å². The van der Waals surface area contributed by atoms with E-state index >= 15 is 0 Å². The first kappa shape index (κ1) is 32.2. The molecule has 0 unspecified atom stereocenters. The van der Waals surface area contributed by atoms with E-state index in [0.717, 1.165) is 76.9 Å². The molecule has 3 aliphatic heterocycles. The van der Waals surface area contributed by atoms with E-state index in [1.807, 2.05) is 12.1 Å². The second-order valence-electron chi connectivity index (χ2n) is 12.5. The van der Waals surface area contributed by atoms with Crippen LogP contribution >= 0.6 is 0 Å². The highest BCUT2D eigenvalue weighted by atomic mass is 32.2. The molecule has 3 fully saturated rings. The number of aromatic nitrogens is 2. The van der Waals surface area contributed by atoms with Gasteiger partial charge in [-0.15, -0.1) is 0 Å². The van der Waals surface area contributed by atoms with Gasteiger partial charge in [0.25, 0.3) is 5.91 Å². The Hall–Kier alpha value is -3.78. The number of likely N-dealkylation sites (N-methyl/N-ethyl adjacent to an activating group) is 1. The highest BCUT2D eigenvalue weighted by molar-refractivity contribution is 7.90. The number of carbonyl (C=O) groups excluding carboxylic acids is 1. The van der Waals surface area contributed by atoms with Crippen molar-refractivity contribution in [3.05, 3.63) is 54.2 Å². The predicted octanol–water partition coefficient (Wildman–Crippen LogP) is 3.20. The third-order valence-corrected chi connectivity index (χ3v) is 10.4. The number of hydrogen-bond acceptors (Lipinski definition) is 11. The molecule has 3 saturated heterocycles. The minimum Gasteiger partial charge on any atom is -0.381 e. The average molecular weight is 649 g/mol. The van der Waals surface area contributed by atoms with Crippen LogP contribution in [-0.2, 0) is 14.6 Å². The summed E-state index contributed by atoms with van der Waals surface area (Å²) in [5.74, 6) is 0.00659. The lowest BCUT2D eigenvalue weighted by Gasteiger charge is -2.42. The fraction of sp³-hybridized carbons (Fsp3) is 0.485. The van der Waals surface area contributed by atoms with Gasteiger partial charge in [0.05, 0.1) is 4.90 Å². The molecule has 6 rings (SSSR count). The molecule has 4 N–H and O–H groups in total. The van der Waals surface area contributed by atoms with Crippen molar-refractivity contribution in [3.63, 3.8) is 0 Å². The molecule has 0 spiro atoms. The van der Waals surface area contributed by atoms with Crippen molar-refractivity contribution in [2.24, 2.45) is 5.73 Å². The fourth-order valence-corrected chi connectivity index (χ4v) is 7.09. The molecule has 3 aliphatic rings. The van der Waals surface area contributed by atoms with E-state index in [2.05, 4.69) is 49.5 Å². The lowest BCUT2D eigenvalue weighted by Crippen LogP contribution is -2.52. The molecule has 3 aromatic rings. The SMILES string of the molecule is CN1CCN(C2CCN(c3ccc(Nc4nc(NC5CCOCC5)c(-c5ccc(S(C)(=O)=O)cc5)nc4C(N)=O)cc3)CC2)CC1. The molecule has 0 radical (unpaired) electrons. The van der Waals surface area contributed by atoms with E-state index in [1.54, 1.807) is 12.1 Å². The van der Waals surface area contributed by atoms with Crippen molar-refractivity contribution < 1.29 is 17.9 Å². The van der Waals surface area contributed by atoms with Crippen LogP contribution in [0.15, 0.2) is 53.4 Å². The molecule has 0 aliphatic carbocycles. The van der Waals surface area contributed by atoms with Crippen LogP contribution in [0.1, 0.15) is 36.2 Å². The van der Waals surface area contributed by atoms with Crippen molar-refractivity contribution in [1.82, 2.24) is 19.8 Å². The first-order chi connectivity index (χ1) is 22.1. The summed E-state index contributed by atoms with van der Waals surface area (Å²) in [5.41, 5.74) is 8.77. The van der Waals surface area contributed by atoms with Crippen LogP contribution in [-0.4, -0.2) is 112 Å². The molecule has 0 bridgehead atoms. The maximum atomic E-state index is 12.7. The van der Waals surface area contributed by atoms with Crippen molar-refractivity contribution in [2.75, 3.05) is 81.3 Å². The number of piperidine rings is 1. The van der Waals surface area contributed by atoms with Crippen LogP contribution in [0, 0.1) is 0 Å². The maximum Gasteiger partial charge on any atom is 0.271 e. The Morgan fingerprint density at radius 1 is 0.870 bits per heavy atom. The van der Waals surface area contributed by atoms with Gasteiger partial charge in [-0.3, -0.25) is 9.69 Å². The number of ether oxygens (including phenoxy) is 1. The molecule has 1 aromatic heterocycles. The third-order valence-electron chi connectivity index (χ3n) is 9.26. The number of sulfone groups is 1. The Bertz CT molecular complexity index is 1610. The van der Waals surface area contributed by atoms with Crippen molar-refractivity contribution >= 4 is 38.8 Å². The average Bonchev–Trinajstić information content (AvgIpc) is 3.06. The van der Waals surface area contributed by atoms with Crippen LogP contribution < -0.4 is 21.3 Å². The van der Waals surface area contributed by atoms with Gasteiger partial charge in [-0.05, 0) is 69.1 Å². The smallest absolute Gasteiger partial charge is 0.271 e. The molecular weight excluding hydrogens is 604 g/mol. The summed E-state index contributed by atoms with van der Waals surface area (Å²) >= 11 is 0. The largest absolute Gasteiger partial charge is 0.381 e. The van der Waals surface area contributed by atoms with Gasteiger partial charge >= 0.3 is 0 Å². The Balaban J connectivity index is 1.21. The monoisotopic (exact) mass is 648 g/mol. The minimum atomic E-state index is -3.37. The second-order valence-corrected chi connectivity index (χ2v) is 14.6. The van der Waals surface area contributed by atoms with Crippen LogP contribution in [0.2, 0.25) is 0 Å². The summed E-state index contributed by atoms with van der Waals surface area (Å²) < 4.78 is 29.6. The molecule has 0 atom stereocenters. The van der Waals surface area contributed by atoms with Gasteiger partial charge in [0, 0.05) is 87.8 Å². The summed E-state index contributed by atoms with van der Waals surface area (Å²) in [7, 11) is -1.18. The number of rotatable bonds is 9. The van der Waals surface area contributed by atoms with E-state index in [-0.39, 0.29) is 22.4 Å². The summed E-state index contributed by atoms with van der Waals surface area (Å²) in [5, 5.41) is 6.77. The van der Waals surface area contributed by atoms with Gasteiger partial charge in [-0.2, -0.15) is 0 Å². The number of primary amides is 1. The van der Waals surface area contributed by atoms with Gasteiger partial charge in [0.1, 0.15) is 5.69 Å². The highest BCUT2D eigenvalue weighted by Gasteiger charge is 2.27. The number of carbonyl (C=O) groups is 1. The number of anilines is 4. The predicted molar refractivity (Wildman–Crippen MR) is 181 cm³/mol. The number of benzene rings is 2. The van der Waals surface area contributed by atoms with E-state index in [1.165, 1.54) is 17.8 Å². The van der Waals surface area contributed by atoms with Gasteiger partial charge in [-0.25, -0.2) is 18.4 Å². The molecule has 4 heterocycles. The molecule has 2 aromatic carbocycles. The van der Waals surface area contributed by atoms with Crippen LogP contribution in [0.4, 0.5) is 23.0 Å². The second kappa shape index (κ2) is 13.9. The topological polar surface area (TPSA) is 146 Å². The van der Waals surface area contributed by atoms with Gasteiger partial charge in [0.2, 0.25) is 0 Å². The standard InChI is InChI=1S/C33H44N8O4S/c1-39-17-19-41(20-18-39)27-11-15-40(16-12-27)26-7-5-24(6-8-26)35-33-30(31(34)42)37-29(23-3-9-28(10-4-23)46(2,43)44)32(38-33)36-25-13-21-45-22-14-25/h3-10,25,27H,11-22H2,1-2H3,(H2,34,42)(H2,35,36,38). The zero-order valence-corrected chi connectivity index (χ0v) is 27.4. The number of hydrogen-bond donors (Lipinski definition) is 3. The van der Waals surface area contributed by atoms with Crippen molar-refractivity contribution in [2.45, 2.75) is 42.7 Å². The Kier molecular flexibility index (Phi) is 9.73. The molecular formula is C33H44N8O4S. The van der Waals surface area contributed by atoms with Gasteiger partial charge < -0.3 is 30.9 Å². The summed E-state index contributed by atoms with van der Waals surface area (Å²) in [6.45, 7) is 7.90. The van der Waals surface area contributed by atoms with Crippen molar-refractivity contribution in [1.29, 1.82) is 0 Å². The first-order valence-electron chi connectivity index (χ1n) is 16.1. The maximum absolute atomic E-state index is 12.7. The van der Waals surface area contributed by atoms with Crippen LogP contribution in [0.25, 0.3) is 11.3 Å². The molecule has 12 nitrogen and oxygen atoms in total. The van der Waals surface area contributed by atoms with Crippen LogP contribution in [0.3, 0.4) is 0 Å². The molecule has 246 valence electrons. The lowest BCUT2D eigenvalue weighted by molar-refractivity contribution is 0.0904. The highest BCUT2D eigenvalue weighted by Crippen LogP contribution is 2.32. The summed E-state index contributed by atoms with van der Waals surface area (Å²) in [6, 6.07) is 15.3. The molecule has 13 heteroatoms. The number of piperazine rings is 1. The Morgan fingerprint density at radius 3 is 2.13 bits per heavy atom. The zero-order valence-electron chi connectivity index (χ0n) is 26.6. The van der Waals surface area contributed by atoms with E-state index in [4.69, 9.17) is 15.5 Å². The number of nitrogens with one attached hydrogen (secondary N) is 2. The summed E-state index contributed by atoms with van der Waals surface area (Å²) in [6.07, 6.45) is 5.07. The Labute approximate surface area is 271 Å². The first-order valence-corrected chi connectivity index (χ1v) is 17.9.